The van der Waals surface area contributed by atoms with E-state index in [0.717, 1.165) is 29.5 Å². The average Bonchev–Trinajstić information content (AvgIpc) is 3.66. The molecule has 5 rings (SSSR count). The summed E-state index contributed by atoms with van der Waals surface area (Å²) < 4.78 is 14.1. The Bertz CT molecular complexity index is 1660. The summed E-state index contributed by atoms with van der Waals surface area (Å²) >= 11 is 6.76. The van der Waals surface area contributed by atoms with Gasteiger partial charge in [0, 0.05) is 42.4 Å². The summed E-state index contributed by atoms with van der Waals surface area (Å²) in [5.74, 6) is -0.361. The van der Waals surface area contributed by atoms with Crippen molar-refractivity contribution >= 4 is 33.9 Å². The summed E-state index contributed by atoms with van der Waals surface area (Å²) in [5.41, 5.74) is 11.3. The zero-order valence-electron chi connectivity index (χ0n) is 24.8. The van der Waals surface area contributed by atoms with Gasteiger partial charge in [-0.3, -0.25) is 15.0 Å². The molecule has 0 amide bonds. The zero-order valence-corrected chi connectivity index (χ0v) is 25.6. The highest BCUT2D eigenvalue weighted by atomic mass is 35.5. The van der Waals surface area contributed by atoms with E-state index in [-0.39, 0.29) is 16.8 Å². The monoisotopic (exact) mass is 598 g/mol. The van der Waals surface area contributed by atoms with E-state index in [1.807, 2.05) is 24.5 Å². The van der Waals surface area contributed by atoms with Crippen LogP contribution in [0.25, 0.3) is 10.9 Å². The number of nitrogens with one attached hydrogen (secondary N) is 4. The summed E-state index contributed by atoms with van der Waals surface area (Å²) in [6.45, 7) is 12.9. The molecular formula is C33H36ClFN8. The summed E-state index contributed by atoms with van der Waals surface area (Å²) in [7, 11) is 0. The number of hydrogen-bond acceptors (Lipinski definition) is 8. The zero-order chi connectivity index (χ0) is 30.8. The summed E-state index contributed by atoms with van der Waals surface area (Å²) in [6, 6.07) is 9.52. The van der Waals surface area contributed by atoms with Gasteiger partial charge in [0.05, 0.1) is 39.1 Å². The van der Waals surface area contributed by atoms with Gasteiger partial charge in [-0.1, -0.05) is 57.2 Å². The topological polar surface area (TPSA) is 101 Å². The van der Waals surface area contributed by atoms with Crippen LogP contribution in [0.3, 0.4) is 0 Å². The number of halogens is 2. The molecule has 4 N–H and O–H groups in total. The van der Waals surface area contributed by atoms with Crippen LogP contribution in [-0.4, -0.2) is 27.6 Å². The van der Waals surface area contributed by atoms with Crippen molar-refractivity contribution in [2.24, 2.45) is 5.41 Å². The number of nitrogens with zero attached hydrogens (tertiary/aromatic N) is 4. The number of allylic oxidation sites excluding steroid dienone is 3. The van der Waals surface area contributed by atoms with Gasteiger partial charge in [-0.05, 0) is 60.6 Å². The normalized spacial score (nSPS) is 16.9. The number of nitriles is 1. The van der Waals surface area contributed by atoms with Crippen LogP contribution in [0.15, 0.2) is 91.0 Å². The molecule has 1 fully saturated rings. The van der Waals surface area contributed by atoms with E-state index in [1.165, 1.54) is 12.2 Å². The molecule has 2 aliphatic rings. The van der Waals surface area contributed by atoms with E-state index < -0.39 is 6.04 Å². The molecular weight excluding hydrogens is 563 g/mol. The van der Waals surface area contributed by atoms with Crippen molar-refractivity contribution in [1.82, 2.24) is 25.9 Å². The molecule has 1 atom stereocenters. The molecule has 3 aromatic rings. The molecule has 222 valence electrons. The number of fused-ring (bicyclic) bond motifs is 1. The summed E-state index contributed by atoms with van der Waals surface area (Å²) in [5, 5.41) is 20.0. The summed E-state index contributed by atoms with van der Waals surface area (Å²) in [4.78, 5) is 8.79. The molecule has 0 spiro atoms. The maximum atomic E-state index is 14.1. The molecule has 8 nitrogen and oxygen atoms in total. The van der Waals surface area contributed by atoms with E-state index in [9.17, 15) is 9.65 Å². The lowest BCUT2D eigenvalue weighted by atomic mass is 9.96. The molecule has 3 heterocycles. The van der Waals surface area contributed by atoms with Crippen molar-refractivity contribution in [3.8, 4) is 6.07 Å². The highest BCUT2D eigenvalue weighted by molar-refractivity contribution is 6.35. The van der Waals surface area contributed by atoms with E-state index >= 15 is 0 Å². The van der Waals surface area contributed by atoms with Crippen LogP contribution in [0.1, 0.15) is 51.7 Å². The van der Waals surface area contributed by atoms with Crippen LogP contribution >= 0.6 is 11.6 Å². The largest absolute Gasteiger partial charge is 0.383 e. The molecule has 1 aliphatic carbocycles. The standard InChI is InChI=1S/C33H36ClFN8/c1-6-24(35)10-9-21(2)29(28-19-43(42-41-28)33(11-12-33)23-8-7-13-37-18-23)40-25-14-26-30(39-20-32(3,4)5)22(16-36)17-38-31(26)27(34)15-25/h6-10,13-15,17-19,29,40-42H,2,11-12,20H2,1,3-5H3,(H,38,39)/b10-9-,24-6+/t29-/m0/s1. The predicted molar refractivity (Wildman–Crippen MR) is 171 cm³/mol. The number of hydrogen-bond donors (Lipinski definition) is 4. The van der Waals surface area contributed by atoms with Crippen molar-refractivity contribution in [2.75, 3.05) is 17.2 Å². The van der Waals surface area contributed by atoms with Crippen LogP contribution in [0.4, 0.5) is 15.8 Å². The first kappa shape index (κ1) is 30.1. The molecule has 0 unspecified atom stereocenters. The van der Waals surface area contributed by atoms with Gasteiger partial charge in [0.15, 0.2) is 0 Å². The molecule has 0 bridgehead atoms. The number of anilines is 2. The van der Waals surface area contributed by atoms with Crippen LogP contribution in [-0.2, 0) is 5.54 Å². The van der Waals surface area contributed by atoms with Gasteiger partial charge in [0.25, 0.3) is 0 Å². The highest BCUT2D eigenvalue weighted by Gasteiger charge is 2.51. The fourth-order valence-corrected chi connectivity index (χ4v) is 5.29. The molecule has 43 heavy (non-hydrogen) atoms. The molecule has 10 heteroatoms. The number of aromatic nitrogens is 2. The second-order valence-corrected chi connectivity index (χ2v) is 12.5. The molecule has 1 aliphatic heterocycles. The fraction of sp³-hybridized carbons (Fsp3) is 0.303. The lowest BCUT2D eigenvalue weighted by molar-refractivity contribution is 0.176. The van der Waals surface area contributed by atoms with E-state index in [2.05, 4.69) is 76.1 Å². The third-order valence-corrected chi connectivity index (χ3v) is 7.83. The van der Waals surface area contributed by atoms with Crippen molar-refractivity contribution in [1.29, 1.82) is 5.26 Å². The minimum atomic E-state index is -0.477. The first-order chi connectivity index (χ1) is 20.5. The number of benzene rings is 1. The maximum absolute atomic E-state index is 14.1. The van der Waals surface area contributed by atoms with Gasteiger partial charge in [0.1, 0.15) is 11.9 Å². The number of rotatable bonds is 10. The predicted octanol–water partition coefficient (Wildman–Crippen LogP) is 7.23. The SMILES string of the molecule is C=C(/C=C\C(F)=C/C)[C@H](Nc1cc(Cl)c2ncc(C#N)c(NCC(C)(C)C)c2c1)C1=CN(C2(c3cccnc3)CC2)NN1. The van der Waals surface area contributed by atoms with Gasteiger partial charge >= 0.3 is 0 Å². The Morgan fingerprint density at radius 3 is 2.74 bits per heavy atom. The minimum Gasteiger partial charge on any atom is -0.383 e. The first-order valence-electron chi connectivity index (χ1n) is 14.2. The summed E-state index contributed by atoms with van der Waals surface area (Å²) in [6.07, 6.45) is 13.6. The van der Waals surface area contributed by atoms with E-state index in [0.29, 0.717) is 39.6 Å². The van der Waals surface area contributed by atoms with Gasteiger partial charge < -0.3 is 16.1 Å². The Morgan fingerprint density at radius 2 is 2.09 bits per heavy atom. The van der Waals surface area contributed by atoms with Crippen molar-refractivity contribution in [2.45, 2.75) is 52.1 Å². The Kier molecular flexibility index (Phi) is 8.45. The molecule has 1 saturated carbocycles. The lowest BCUT2D eigenvalue weighted by Gasteiger charge is -2.27. The van der Waals surface area contributed by atoms with E-state index in [4.69, 9.17) is 11.6 Å². The van der Waals surface area contributed by atoms with Crippen LogP contribution in [0.5, 0.6) is 0 Å². The molecule has 1 aromatic carbocycles. The van der Waals surface area contributed by atoms with Crippen LogP contribution in [0, 0.1) is 16.7 Å². The van der Waals surface area contributed by atoms with Crippen molar-refractivity contribution < 1.29 is 4.39 Å². The minimum absolute atomic E-state index is 0.0203. The smallest absolute Gasteiger partial charge is 0.118 e. The van der Waals surface area contributed by atoms with Gasteiger partial charge in [0.2, 0.25) is 0 Å². The van der Waals surface area contributed by atoms with Crippen LogP contribution in [0.2, 0.25) is 5.02 Å². The number of pyridine rings is 2. The highest BCUT2D eigenvalue weighted by Crippen LogP contribution is 2.51. The average molecular weight is 599 g/mol. The van der Waals surface area contributed by atoms with Crippen molar-refractivity contribution in [3.05, 3.63) is 107 Å². The lowest BCUT2D eigenvalue weighted by Crippen LogP contribution is -2.44. The Morgan fingerprint density at radius 1 is 1.30 bits per heavy atom. The number of hydrazine groups is 2. The molecule has 2 aromatic heterocycles. The Hall–Kier alpha value is -4.39. The van der Waals surface area contributed by atoms with Crippen LogP contribution < -0.4 is 21.6 Å². The van der Waals surface area contributed by atoms with Crippen molar-refractivity contribution in [3.63, 3.8) is 0 Å². The fourth-order valence-electron chi connectivity index (χ4n) is 5.02. The van der Waals surface area contributed by atoms with Gasteiger partial charge in [-0.2, -0.15) is 5.26 Å². The maximum Gasteiger partial charge on any atom is 0.118 e. The third kappa shape index (κ3) is 6.51. The molecule has 0 saturated heterocycles. The second kappa shape index (κ2) is 12.1. The van der Waals surface area contributed by atoms with Gasteiger partial charge in [-0.25, -0.2) is 4.39 Å². The quantitative estimate of drug-likeness (QED) is 0.181. The van der Waals surface area contributed by atoms with Gasteiger partial charge in [-0.15, -0.1) is 5.53 Å². The Balaban J connectivity index is 1.53. The second-order valence-electron chi connectivity index (χ2n) is 12.1. The third-order valence-electron chi connectivity index (χ3n) is 7.54. The van der Waals surface area contributed by atoms with E-state index in [1.54, 1.807) is 31.5 Å². The first-order valence-corrected chi connectivity index (χ1v) is 14.6. The molecule has 0 radical (unpaired) electrons. The Labute approximate surface area is 257 Å².